The Morgan fingerprint density at radius 3 is 2.64 bits per heavy atom. The topological polar surface area (TPSA) is 51.5 Å². The maximum absolute atomic E-state index is 12.7. The zero-order chi connectivity index (χ0) is 23.4. The van der Waals surface area contributed by atoms with Crippen LogP contribution in [-0.2, 0) is 4.79 Å². The number of furan rings is 1. The van der Waals surface area contributed by atoms with E-state index in [1.807, 2.05) is 56.5 Å². The summed E-state index contributed by atoms with van der Waals surface area (Å²) in [7, 11) is 0. The van der Waals surface area contributed by atoms with Crippen molar-refractivity contribution in [3.63, 3.8) is 0 Å². The molecule has 4 aromatic rings. The van der Waals surface area contributed by atoms with Gasteiger partial charge in [0, 0.05) is 39.2 Å². The number of nitrogens with one attached hydrogen (secondary N) is 1. The van der Waals surface area contributed by atoms with Gasteiger partial charge in [0.05, 0.1) is 12.9 Å². The minimum atomic E-state index is -0.181. The number of carbonyl (C=O) groups is 1. The summed E-state index contributed by atoms with van der Waals surface area (Å²) in [6, 6.07) is 20.1. The van der Waals surface area contributed by atoms with Gasteiger partial charge in [-0.3, -0.25) is 4.79 Å². The van der Waals surface area contributed by atoms with Crippen molar-refractivity contribution < 1.29 is 13.9 Å². The first kappa shape index (κ1) is 22.7. The van der Waals surface area contributed by atoms with Crippen molar-refractivity contribution in [3.05, 3.63) is 84.1 Å². The predicted octanol–water partition coefficient (Wildman–Crippen LogP) is 7.57. The van der Waals surface area contributed by atoms with Crippen LogP contribution in [0.25, 0.3) is 27.7 Å². The summed E-state index contributed by atoms with van der Waals surface area (Å²) in [4.78, 5) is 13.8. The van der Waals surface area contributed by atoms with Crippen LogP contribution in [0.1, 0.15) is 25.0 Å². The van der Waals surface area contributed by atoms with Crippen molar-refractivity contribution in [2.24, 2.45) is 0 Å². The van der Waals surface area contributed by atoms with Crippen molar-refractivity contribution in [2.75, 3.05) is 18.2 Å². The Morgan fingerprint density at radius 1 is 1.12 bits per heavy atom. The number of fused-ring (bicyclic) bond motifs is 1. The summed E-state index contributed by atoms with van der Waals surface area (Å²) in [5, 5.41) is 3.94. The number of aryl methyl sites for hydroxylation is 1. The van der Waals surface area contributed by atoms with Crippen molar-refractivity contribution in [2.45, 2.75) is 25.7 Å². The fourth-order valence-corrected chi connectivity index (χ4v) is 4.21. The van der Waals surface area contributed by atoms with Gasteiger partial charge in [-0.15, -0.1) is 11.8 Å². The number of benzene rings is 3. The van der Waals surface area contributed by atoms with E-state index in [2.05, 4.69) is 36.5 Å². The number of rotatable bonds is 7. The lowest BCUT2D eigenvalue weighted by atomic mass is 9.98. The van der Waals surface area contributed by atoms with E-state index in [4.69, 9.17) is 9.15 Å². The van der Waals surface area contributed by atoms with Crippen molar-refractivity contribution in [1.29, 1.82) is 0 Å². The summed E-state index contributed by atoms with van der Waals surface area (Å²) < 4.78 is 11.7. The standard InChI is InChI=1S/C28H27NO3S/c1-5-31-26-16-27-24(25(17-32-27)20-11-9-18(2)10-12-20)15-23(26)19(3)13-28(30)29-21-7-6-8-22(14-21)33-4/h6-17H,5H2,1-4H3,(H,29,30)/b19-13+. The van der Waals surface area contributed by atoms with E-state index in [0.29, 0.717) is 12.4 Å². The number of amides is 1. The van der Waals surface area contributed by atoms with Gasteiger partial charge in [0.2, 0.25) is 5.91 Å². The molecule has 1 amide bonds. The number of ether oxygens (including phenoxy) is 1. The molecule has 1 N–H and O–H groups in total. The molecule has 4 nitrogen and oxygen atoms in total. The van der Waals surface area contributed by atoms with Gasteiger partial charge in [-0.05, 0) is 62.4 Å². The van der Waals surface area contributed by atoms with Crippen molar-refractivity contribution in [3.8, 4) is 16.9 Å². The van der Waals surface area contributed by atoms with Crippen LogP contribution >= 0.6 is 11.8 Å². The molecule has 0 saturated heterocycles. The summed E-state index contributed by atoms with van der Waals surface area (Å²) in [5.41, 5.74) is 6.51. The monoisotopic (exact) mass is 457 g/mol. The quantitative estimate of drug-likeness (QED) is 0.230. The molecule has 5 heteroatoms. The Kier molecular flexibility index (Phi) is 6.90. The van der Waals surface area contributed by atoms with E-state index in [9.17, 15) is 4.79 Å². The Bertz CT molecular complexity index is 1320. The average Bonchev–Trinajstić information content (AvgIpc) is 3.22. The molecule has 1 heterocycles. The first-order valence-electron chi connectivity index (χ1n) is 10.9. The van der Waals surface area contributed by atoms with E-state index in [1.54, 1.807) is 24.1 Å². The summed E-state index contributed by atoms with van der Waals surface area (Å²) >= 11 is 1.64. The highest BCUT2D eigenvalue weighted by Crippen LogP contribution is 2.37. The lowest BCUT2D eigenvalue weighted by Crippen LogP contribution is -2.08. The first-order valence-corrected chi connectivity index (χ1v) is 12.1. The molecule has 1 aromatic heterocycles. The van der Waals surface area contributed by atoms with E-state index < -0.39 is 0 Å². The summed E-state index contributed by atoms with van der Waals surface area (Å²) in [6.07, 6.45) is 5.40. The SMILES string of the molecule is CCOc1cc2occ(-c3ccc(C)cc3)c2cc1/C(C)=C/C(=O)Nc1cccc(SC)c1. The van der Waals surface area contributed by atoms with Gasteiger partial charge in [0.1, 0.15) is 11.3 Å². The number of allylic oxidation sites excluding steroid dienone is 1. The van der Waals surface area contributed by atoms with E-state index in [0.717, 1.165) is 43.8 Å². The normalized spacial score (nSPS) is 11.6. The van der Waals surface area contributed by atoms with Crippen LogP contribution in [0.5, 0.6) is 5.75 Å². The smallest absolute Gasteiger partial charge is 0.248 e. The van der Waals surface area contributed by atoms with Gasteiger partial charge in [-0.25, -0.2) is 0 Å². The molecule has 0 spiro atoms. The third kappa shape index (κ3) is 5.15. The maximum Gasteiger partial charge on any atom is 0.248 e. The van der Waals surface area contributed by atoms with Crippen LogP contribution in [0.4, 0.5) is 5.69 Å². The number of hydrogen-bond acceptors (Lipinski definition) is 4. The molecule has 0 unspecified atom stereocenters. The minimum Gasteiger partial charge on any atom is -0.493 e. The second kappa shape index (κ2) is 10.0. The zero-order valence-electron chi connectivity index (χ0n) is 19.3. The Hall–Kier alpha value is -3.44. The predicted molar refractivity (Wildman–Crippen MR) is 138 cm³/mol. The average molecular weight is 458 g/mol. The largest absolute Gasteiger partial charge is 0.493 e. The fraction of sp³-hybridized carbons (Fsp3) is 0.179. The molecule has 168 valence electrons. The van der Waals surface area contributed by atoms with Gasteiger partial charge in [-0.1, -0.05) is 35.9 Å². The van der Waals surface area contributed by atoms with Gasteiger partial charge < -0.3 is 14.5 Å². The highest BCUT2D eigenvalue weighted by molar-refractivity contribution is 7.98. The molecular formula is C28H27NO3S. The Balaban J connectivity index is 1.70. The third-order valence-electron chi connectivity index (χ3n) is 5.45. The molecule has 0 fully saturated rings. The first-order chi connectivity index (χ1) is 16.0. The molecule has 0 bridgehead atoms. The number of hydrogen-bond donors (Lipinski definition) is 1. The highest BCUT2D eigenvalue weighted by Gasteiger charge is 2.15. The second-order valence-corrected chi connectivity index (χ2v) is 8.72. The van der Waals surface area contributed by atoms with Crippen LogP contribution in [0.2, 0.25) is 0 Å². The van der Waals surface area contributed by atoms with Gasteiger partial charge in [-0.2, -0.15) is 0 Å². The van der Waals surface area contributed by atoms with Gasteiger partial charge in [0.15, 0.2) is 0 Å². The van der Waals surface area contributed by atoms with E-state index >= 15 is 0 Å². The summed E-state index contributed by atoms with van der Waals surface area (Å²) in [5.74, 6) is 0.514. The molecule has 4 rings (SSSR count). The molecule has 0 aliphatic heterocycles. The fourth-order valence-electron chi connectivity index (χ4n) is 3.75. The van der Waals surface area contributed by atoms with Crippen LogP contribution in [-0.4, -0.2) is 18.8 Å². The summed E-state index contributed by atoms with van der Waals surface area (Å²) in [6.45, 7) is 6.46. The highest BCUT2D eigenvalue weighted by atomic mass is 32.2. The molecular weight excluding hydrogens is 430 g/mol. The van der Waals surface area contributed by atoms with Crippen LogP contribution < -0.4 is 10.1 Å². The van der Waals surface area contributed by atoms with E-state index in [1.165, 1.54) is 5.56 Å². The third-order valence-corrected chi connectivity index (χ3v) is 6.17. The van der Waals surface area contributed by atoms with Crippen LogP contribution in [0.15, 0.2) is 82.3 Å². The molecule has 0 atom stereocenters. The van der Waals surface area contributed by atoms with Crippen molar-refractivity contribution >= 4 is 39.9 Å². The molecule has 0 aliphatic rings. The number of thioether (sulfide) groups is 1. The van der Waals surface area contributed by atoms with Crippen LogP contribution in [0.3, 0.4) is 0 Å². The van der Waals surface area contributed by atoms with Gasteiger partial charge in [0.25, 0.3) is 0 Å². The molecule has 0 aliphatic carbocycles. The second-order valence-electron chi connectivity index (χ2n) is 7.84. The molecule has 0 saturated carbocycles. The number of carbonyl (C=O) groups excluding carboxylic acids is 1. The van der Waals surface area contributed by atoms with E-state index in [-0.39, 0.29) is 5.91 Å². The molecule has 3 aromatic carbocycles. The van der Waals surface area contributed by atoms with Crippen LogP contribution in [0, 0.1) is 6.92 Å². The van der Waals surface area contributed by atoms with Crippen molar-refractivity contribution in [1.82, 2.24) is 0 Å². The Morgan fingerprint density at radius 2 is 1.91 bits per heavy atom. The maximum atomic E-state index is 12.7. The molecule has 0 radical (unpaired) electrons. The zero-order valence-corrected chi connectivity index (χ0v) is 20.1. The molecule has 33 heavy (non-hydrogen) atoms. The lowest BCUT2D eigenvalue weighted by Gasteiger charge is -2.12. The minimum absolute atomic E-state index is 0.181. The number of anilines is 1. The van der Waals surface area contributed by atoms with Gasteiger partial charge >= 0.3 is 0 Å². The Labute approximate surface area is 198 Å². The lowest BCUT2D eigenvalue weighted by molar-refractivity contribution is -0.111.